The fourth-order valence-electron chi connectivity index (χ4n) is 2.99. The minimum atomic E-state index is -0.313. The van der Waals surface area contributed by atoms with Gasteiger partial charge in [-0.1, -0.05) is 13.0 Å². The zero-order chi connectivity index (χ0) is 15.2. The molecule has 0 aromatic heterocycles. The lowest BCUT2D eigenvalue weighted by molar-refractivity contribution is -0.383. The molecule has 1 unspecified atom stereocenters. The van der Waals surface area contributed by atoms with E-state index in [-0.39, 0.29) is 10.6 Å². The summed E-state index contributed by atoms with van der Waals surface area (Å²) in [6.45, 7) is 7.67. The summed E-state index contributed by atoms with van der Waals surface area (Å²) in [7, 11) is 0. The maximum atomic E-state index is 11.3. The molecule has 1 atom stereocenters. The van der Waals surface area contributed by atoms with E-state index < -0.39 is 0 Å². The van der Waals surface area contributed by atoms with Crippen LogP contribution in [0.2, 0.25) is 0 Å². The maximum Gasteiger partial charge on any atom is 0.315 e. The van der Waals surface area contributed by atoms with E-state index >= 15 is 0 Å². The Morgan fingerprint density at radius 3 is 2.67 bits per heavy atom. The quantitative estimate of drug-likeness (QED) is 0.597. The number of hydrogen-bond acceptors (Lipinski definition) is 5. The third kappa shape index (κ3) is 3.64. The first-order chi connectivity index (χ1) is 10.2. The Morgan fingerprint density at radius 1 is 1.33 bits per heavy atom. The Balaban J connectivity index is 2.12. The van der Waals surface area contributed by atoms with E-state index in [1.165, 1.54) is 6.42 Å². The van der Waals surface area contributed by atoms with Gasteiger partial charge >= 0.3 is 5.69 Å². The van der Waals surface area contributed by atoms with Gasteiger partial charge in [0.1, 0.15) is 11.4 Å². The highest BCUT2D eigenvalue weighted by Gasteiger charge is 2.24. The number of hydrogen-bond donors (Lipinski definition) is 2. The predicted molar refractivity (Wildman–Crippen MR) is 86.0 cm³/mol. The largest absolute Gasteiger partial charge is 0.380 e. The van der Waals surface area contributed by atoms with Crippen molar-refractivity contribution in [1.82, 2.24) is 4.90 Å². The van der Waals surface area contributed by atoms with Crippen LogP contribution in [-0.2, 0) is 0 Å². The van der Waals surface area contributed by atoms with Crippen molar-refractivity contribution in [2.45, 2.75) is 32.7 Å². The first-order valence-electron chi connectivity index (χ1n) is 7.66. The van der Waals surface area contributed by atoms with Gasteiger partial charge in [0.25, 0.3) is 0 Å². The van der Waals surface area contributed by atoms with Gasteiger partial charge in [-0.15, -0.1) is 0 Å². The average Bonchev–Trinajstić information content (AvgIpc) is 2.92. The summed E-state index contributed by atoms with van der Waals surface area (Å²) in [5, 5.41) is 17.7. The van der Waals surface area contributed by atoms with Crippen molar-refractivity contribution in [3.8, 4) is 0 Å². The van der Waals surface area contributed by atoms with Gasteiger partial charge in [0, 0.05) is 19.1 Å². The lowest BCUT2D eigenvalue weighted by Crippen LogP contribution is -2.34. The first kappa shape index (κ1) is 15.6. The molecule has 1 aromatic rings. The molecular weight excluding hydrogens is 268 g/mol. The standard InChI is InChI=1S/C15H24N4O2/c1-3-16-13-8-5-9-14(15(13)19(20)21)17-11-12-7-6-10-18(12)4-2/h5,8-9,12,16-17H,3-4,6-7,10-11H2,1-2H3. The third-order valence-electron chi connectivity index (χ3n) is 4.02. The van der Waals surface area contributed by atoms with E-state index in [2.05, 4.69) is 22.5 Å². The number of nitrogens with zero attached hydrogens (tertiary/aromatic N) is 2. The maximum absolute atomic E-state index is 11.3. The van der Waals surface area contributed by atoms with Crippen LogP contribution in [0.15, 0.2) is 18.2 Å². The molecule has 116 valence electrons. The fourth-order valence-corrected chi connectivity index (χ4v) is 2.99. The zero-order valence-electron chi connectivity index (χ0n) is 12.8. The Morgan fingerprint density at radius 2 is 2.05 bits per heavy atom. The van der Waals surface area contributed by atoms with Gasteiger partial charge in [-0.2, -0.15) is 0 Å². The number of likely N-dealkylation sites (N-methyl/N-ethyl adjacent to an activating group) is 1. The number of likely N-dealkylation sites (tertiary alicyclic amines) is 1. The molecule has 21 heavy (non-hydrogen) atoms. The summed E-state index contributed by atoms with van der Waals surface area (Å²) in [6, 6.07) is 5.85. The lowest BCUT2D eigenvalue weighted by Gasteiger charge is -2.23. The van der Waals surface area contributed by atoms with Crippen LogP contribution in [0.5, 0.6) is 0 Å². The average molecular weight is 292 g/mol. The smallest absolute Gasteiger partial charge is 0.315 e. The molecule has 1 heterocycles. The predicted octanol–water partition coefficient (Wildman–Crippen LogP) is 2.92. The van der Waals surface area contributed by atoms with Crippen molar-refractivity contribution in [1.29, 1.82) is 0 Å². The second kappa shape index (κ2) is 7.26. The fraction of sp³-hybridized carbons (Fsp3) is 0.600. The van der Waals surface area contributed by atoms with E-state index in [4.69, 9.17) is 0 Å². The Labute approximate surface area is 125 Å². The summed E-state index contributed by atoms with van der Waals surface area (Å²) in [6.07, 6.45) is 2.36. The van der Waals surface area contributed by atoms with Crippen LogP contribution in [0.25, 0.3) is 0 Å². The highest BCUT2D eigenvalue weighted by molar-refractivity contribution is 5.76. The Bertz CT molecular complexity index is 493. The van der Waals surface area contributed by atoms with Crippen molar-refractivity contribution in [2.24, 2.45) is 0 Å². The molecular formula is C15H24N4O2. The van der Waals surface area contributed by atoms with Gasteiger partial charge in [-0.25, -0.2) is 0 Å². The van der Waals surface area contributed by atoms with E-state index in [0.29, 0.717) is 24.0 Å². The molecule has 1 fully saturated rings. The number of rotatable bonds is 7. The monoisotopic (exact) mass is 292 g/mol. The van der Waals surface area contributed by atoms with Crippen molar-refractivity contribution in [3.05, 3.63) is 28.3 Å². The molecule has 0 aliphatic carbocycles. The molecule has 1 aliphatic rings. The topological polar surface area (TPSA) is 70.4 Å². The molecule has 6 heteroatoms. The second-order valence-corrected chi connectivity index (χ2v) is 5.29. The van der Waals surface area contributed by atoms with Crippen molar-refractivity contribution >= 4 is 17.1 Å². The van der Waals surface area contributed by atoms with Gasteiger partial charge in [0.05, 0.1) is 4.92 Å². The van der Waals surface area contributed by atoms with E-state index in [1.54, 1.807) is 12.1 Å². The molecule has 1 aromatic carbocycles. The van der Waals surface area contributed by atoms with Crippen LogP contribution < -0.4 is 10.6 Å². The first-order valence-corrected chi connectivity index (χ1v) is 7.66. The number of nitro groups is 1. The summed E-state index contributed by atoms with van der Waals surface area (Å²) >= 11 is 0. The van der Waals surface area contributed by atoms with Crippen LogP contribution in [0, 0.1) is 10.1 Å². The molecule has 6 nitrogen and oxygen atoms in total. The normalized spacial score (nSPS) is 18.7. The van der Waals surface area contributed by atoms with E-state index in [9.17, 15) is 10.1 Å². The number of anilines is 2. The minimum Gasteiger partial charge on any atom is -0.380 e. The zero-order valence-corrected chi connectivity index (χ0v) is 12.8. The van der Waals surface area contributed by atoms with Crippen LogP contribution >= 0.6 is 0 Å². The van der Waals surface area contributed by atoms with Crippen LogP contribution in [-0.4, -0.2) is 42.0 Å². The SMILES string of the molecule is CCNc1cccc(NCC2CCCN2CC)c1[N+](=O)[O-]. The molecule has 0 amide bonds. The summed E-state index contributed by atoms with van der Waals surface area (Å²) < 4.78 is 0. The number of nitro benzene ring substituents is 1. The molecule has 0 spiro atoms. The Kier molecular flexibility index (Phi) is 5.38. The summed E-state index contributed by atoms with van der Waals surface area (Å²) in [4.78, 5) is 13.5. The molecule has 2 N–H and O–H groups in total. The van der Waals surface area contributed by atoms with Crippen molar-refractivity contribution in [3.63, 3.8) is 0 Å². The van der Waals surface area contributed by atoms with Crippen molar-refractivity contribution in [2.75, 3.05) is 36.8 Å². The van der Waals surface area contributed by atoms with Gasteiger partial charge in [0.15, 0.2) is 0 Å². The molecule has 2 rings (SSSR count). The van der Waals surface area contributed by atoms with E-state index in [0.717, 1.165) is 26.1 Å². The van der Waals surface area contributed by atoms with Gasteiger partial charge in [0.2, 0.25) is 0 Å². The number of nitrogens with one attached hydrogen (secondary N) is 2. The second-order valence-electron chi connectivity index (χ2n) is 5.29. The number of para-hydroxylation sites is 1. The van der Waals surface area contributed by atoms with Crippen molar-refractivity contribution < 1.29 is 4.92 Å². The highest BCUT2D eigenvalue weighted by atomic mass is 16.6. The molecule has 1 saturated heterocycles. The van der Waals surface area contributed by atoms with Gasteiger partial charge < -0.3 is 10.6 Å². The molecule has 1 aliphatic heterocycles. The van der Waals surface area contributed by atoms with Gasteiger partial charge in [-0.3, -0.25) is 15.0 Å². The Hall–Kier alpha value is -1.82. The summed E-state index contributed by atoms with van der Waals surface area (Å²) in [5.74, 6) is 0. The van der Waals surface area contributed by atoms with Crippen LogP contribution in [0.1, 0.15) is 26.7 Å². The summed E-state index contributed by atoms with van der Waals surface area (Å²) in [5.41, 5.74) is 1.31. The third-order valence-corrected chi connectivity index (χ3v) is 4.02. The lowest BCUT2D eigenvalue weighted by atomic mass is 10.2. The van der Waals surface area contributed by atoms with Gasteiger partial charge in [-0.05, 0) is 45.0 Å². The van der Waals surface area contributed by atoms with Crippen LogP contribution in [0.3, 0.4) is 0 Å². The molecule has 0 bridgehead atoms. The molecule has 0 saturated carbocycles. The highest BCUT2D eigenvalue weighted by Crippen LogP contribution is 2.33. The van der Waals surface area contributed by atoms with E-state index in [1.807, 2.05) is 13.0 Å². The van der Waals surface area contributed by atoms with Crippen LogP contribution in [0.4, 0.5) is 17.1 Å². The molecule has 0 radical (unpaired) electrons. The minimum absolute atomic E-state index is 0.139. The number of benzene rings is 1.